The number of nitrogens with zero attached hydrogens (tertiary/aromatic N) is 1. The van der Waals surface area contributed by atoms with Crippen LogP contribution in [-0.2, 0) is 0 Å². The van der Waals surface area contributed by atoms with Crippen molar-refractivity contribution in [2.75, 3.05) is 5.75 Å². The first-order valence-electron chi connectivity index (χ1n) is 6.70. The highest BCUT2D eigenvalue weighted by molar-refractivity contribution is 7.99. The summed E-state index contributed by atoms with van der Waals surface area (Å²) in [5.74, 6) is 1.20. The first-order chi connectivity index (χ1) is 9.38. The van der Waals surface area contributed by atoms with Crippen molar-refractivity contribution in [3.8, 4) is 0 Å². The van der Waals surface area contributed by atoms with Gasteiger partial charge in [-0.3, -0.25) is 4.99 Å². The third-order valence-corrected chi connectivity index (χ3v) is 3.86. The molecule has 1 nitrogen and oxygen atoms in total. The van der Waals surface area contributed by atoms with Crippen LogP contribution in [0.5, 0.6) is 0 Å². The summed E-state index contributed by atoms with van der Waals surface area (Å²) in [6, 6.07) is 18.6. The molecule has 0 spiro atoms. The van der Waals surface area contributed by atoms with E-state index >= 15 is 0 Å². The smallest absolute Gasteiger partial charge is 0.0629 e. The van der Waals surface area contributed by atoms with Gasteiger partial charge < -0.3 is 0 Å². The van der Waals surface area contributed by atoms with Gasteiger partial charge in [-0.25, -0.2) is 0 Å². The zero-order valence-corrected chi connectivity index (χ0v) is 12.1. The van der Waals surface area contributed by atoms with Crippen molar-refractivity contribution in [3.63, 3.8) is 0 Å². The van der Waals surface area contributed by atoms with Crippen molar-refractivity contribution in [2.45, 2.75) is 24.7 Å². The van der Waals surface area contributed by atoms with Crippen LogP contribution < -0.4 is 0 Å². The van der Waals surface area contributed by atoms with E-state index in [4.69, 9.17) is 0 Å². The summed E-state index contributed by atoms with van der Waals surface area (Å²) in [6.45, 7) is 2.23. The van der Waals surface area contributed by atoms with Crippen LogP contribution in [0.25, 0.3) is 0 Å². The zero-order chi connectivity index (χ0) is 13.3. The Morgan fingerprint density at radius 3 is 2.42 bits per heavy atom. The summed E-state index contributed by atoms with van der Waals surface area (Å²) in [7, 11) is 0. The summed E-state index contributed by atoms with van der Waals surface area (Å²) in [5, 5.41) is 0. The minimum absolute atomic E-state index is 0.990. The fourth-order valence-corrected chi connectivity index (χ4v) is 2.64. The van der Waals surface area contributed by atoms with Gasteiger partial charge in [0.2, 0.25) is 0 Å². The molecular formula is C17H19NS. The third-order valence-electron chi connectivity index (χ3n) is 2.77. The van der Waals surface area contributed by atoms with Crippen LogP contribution in [0.3, 0.4) is 0 Å². The molecule has 0 aliphatic carbocycles. The van der Waals surface area contributed by atoms with Crippen LogP contribution in [0.15, 0.2) is 64.5 Å². The largest absolute Gasteiger partial charge is 0.256 e. The van der Waals surface area contributed by atoms with E-state index in [9.17, 15) is 0 Å². The Bertz CT molecular complexity index is 503. The van der Waals surface area contributed by atoms with Gasteiger partial charge in [0, 0.05) is 11.1 Å². The number of hydrogen-bond donors (Lipinski definition) is 0. The standard InChI is InChI=1S/C17H19NS/c1-2-3-13-19-17-11-9-15(10-12-17)14-18-16-7-5-4-6-8-16/h4-12,14H,2-3,13H2,1H3/b18-14-. The maximum absolute atomic E-state index is 4.45. The Kier molecular flexibility index (Phi) is 5.70. The average molecular weight is 269 g/mol. The van der Waals surface area contributed by atoms with Gasteiger partial charge in [0.15, 0.2) is 0 Å². The summed E-state index contributed by atoms with van der Waals surface area (Å²) < 4.78 is 0. The molecule has 0 aromatic heterocycles. The molecule has 0 atom stereocenters. The number of thioether (sulfide) groups is 1. The van der Waals surface area contributed by atoms with E-state index < -0.39 is 0 Å². The molecule has 0 saturated carbocycles. The number of aliphatic imine (C=N–C) groups is 1. The molecule has 0 unspecified atom stereocenters. The molecule has 2 aromatic rings. The molecule has 0 N–H and O–H groups in total. The molecule has 2 aromatic carbocycles. The lowest BCUT2D eigenvalue weighted by Gasteiger charge is -2.00. The fourth-order valence-electron chi connectivity index (χ4n) is 1.65. The highest BCUT2D eigenvalue weighted by Crippen LogP contribution is 2.19. The Balaban J connectivity index is 1.93. The molecule has 0 heterocycles. The van der Waals surface area contributed by atoms with E-state index in [1.807, 2.05) is 48.3 Å². The monoisotopic (exact) mass is 269 g/mol. The van der Waals surface area contributed by atoms with E-state index in [0.29, 0.717) is 0 Å². The first-order valence-corrected chi connectivity index (χ1v) is 7.69. The highest BCUT2D eigenvalue weighted by Gasteiger charge is 1.94. The van der Waals surface area contributed by atoms with Crippen molar-refractivity contribution in [2.24, 2.45) is 4.99 Å². The predicted molar refractivity (Wildman–Crippen MR) is 85.8 cm³/mol. The molecule has 0 bridgehead atoms. The van der Waals surface area contributed by atoms with Gasteiger partial charge in [-0.1, -0.05) is 43.7 Å². The lowest BCUT2D eigenvalue weighted by atomic mass is 10.2. The SMILES string of the molecule is CCCCSc1ccc(/C=N\c2ccccc2)cc1. The fraction of sp³-hybridized carbons (Fsp3) is 0.235. The first kappa shape index (κ1) is 13.9. The quantitative estimate of drug-likeness (QED) is 0.392. The van der Waals surface area contributed by atoms with Crippen molar-refractivity contribution in [3.05, 3.63) is 60.2 Å². The van der Waals surface area contributed by atoms with Crippen molar-refractivity contribution >= 4 is 23.7 Å². The molecule has 0 saturated heterocycles. The van der Waals surface area contributed by atoms with Crippen LogP contribution in [0.2, 0.25) is 0 Å². The van der Waals surface area contributed by atoms with Crippen molar-refractivity contribution < 1.29 is 0 Å². The summed E-state index contributed by atoms with van der Waals surface area (Å²) in [6.07, 6.45) is 4.45. The predicted octanol–water partition coefficient (Wildman–Crippen LogP) is 5.33. The Labute approximate surface area is 119 Å². The van der Waals surface area contributed by atoms with E-state index in [0.717, 1.165) is 11.3 Å². The summed E-state index contributed by atoms with van der Waals surface area (Å²) in [4.78, 5) is 5.79. The molecule has 0 fully saturated rings. The number of benzene rings is 2. The number of unbranched alkanes of at least 4 members (excludes halogenated alkanes) is 1. The van der Waals surface area contributed by atoms with Gasteiger partial charge in [-0.15, -0.1) is 11.8 Å². The second-order valence-corrected chi connectivity index (χ2v) is 5.53. The van der Waals surface area contributed by atoms with E-state index in [1.165, 1.54) is 23.5 Å². The average Bonchev–Trinajstić information content (AvgIpc) is 2.48. The normalized spacial score (nSPS) is 11.0. The lowest BCUT2D eigenvalue weighted by molar-refractivity contribution is 0.896. The highest BCUT2D eigenvalue weighted by atomic mass is 32.2. The summed E-state index contributed by atoms with van der Waals surface area (Å²) in [5.41, 5.74) is 2.13. The third kappa shape index (κ3) is 4.92. The van der Waals surface area contributed by atoms with Gasteiger partial charge in [-0.05, 0) is 42.0 Å². The van der Waals surface area contributed by atoms with Gasteiger partial charge >= 0.3 is 0 Å². The van der Waals surface area contributed by atoms with Crippen LogP contribution in [0.4, 0.5) is 5.69 Å². The molecule has 0 aliphatic heterocycles. The number of rotatable bonds is 6. The van der Waals surface area contributed by atoms with E-state index in [2.05, 4.69) is 36.2 Å². The van der Waals surface area contributed by atoms with Gasteiger partial charge in [-0.2, -0.15) is 0 Å². The van der Waals surface area contributed by atoms with Crippen molar-refractivity contribution in [1.82, 2.24) is 0 Å². The van der Waals surface area contributed by atoms with Crippen LogP contribution in [0.1, 0.15) is 25.3 Å². The van der Waals surface area contributed by atoms with Crippen LogP contribution >= 0.6 is 11.8 Å². The minimum Gasteiger partial charge on any atom is -0.256 e. The molecule has 98 valence electrons. The van der Waals surface area contributed by atoms with E-state index in [1.54, 1.807) is 0 Å². The van der Waals surface area contributed by atoms with E-state index in [-0.39, 0.29) is 0 Å². The second kappa shape index (κ2) is 7.80. The minimum atomic E-state index is 0.990. The second-order valence-electron chi connectivity index (χ2n) is 4.36. The Hall–Kier alpha value is -1.54. The molecule has 2 rings (SSSR count). The molecule has 0 amide bonds. The molecule has 0 radical (unpaired) electrons. The molecule has 2 heteroatoms. The Morgan fingerprint density at radius 2 is 1.74 bits per heavy atom. The zero-order valence-electron chi connectivity index (χ0n) is 11.3. The molecule has 19 heavy (non-hydrogen) atoms. The van der Waals surface area contributed by atoms with Crippen molar-refractivity contribution in [1.29, 1.82) is 0 Å². The van der Waals surface area contributed by atoms with Gasteiger partial charge in [0.1, 0.15) is 0 Å². The molecule has 0 aliphatic rings. The van der Waals surface area contributed by atoms with Gasteiger partial charge in [0.25, 0.3) is 0 Å². The number of para-hydroxylation sites is 1. The number of hydrogen-bond acceptors (Lipinski definition) is 2. The molecular weight excluding hydrogens is 250 g/mol. The lowest BCUT2D eigenvalue weighted by Crippen LogP contribution is -1.82. The maximum Gasteiger partial charge on any atom is 0.0629 e. The van der Waals surface area contributed by atoms with Crippen LogP contribution in [-0.4, -0.2) is 12.0 Å². The maximum atomic E-state index is 4.45. The van der Waals surface area contributed by atoms with Crippen LogP contribution in [0, 0.1) is 0 Å². The Morgan fingerprint density at radius 1 is 1.00 bits per heavy atom. The van der Waals surface area contributed by atoms with Gasteiger partial charge in [0.05, 0.1) is 5.69 Å². The topological polar surface area (TPSA) is 12.4 Å². The summed E-state index contributed by atoms with van der Waals surface area (Å²) >= 11 is 1.92.